The second-order valence-electron chi connectivity index (χ2n) is 4.97. The summed E-state index contributed by atoms with van der Waals surface area (Å²) in [6.45, 7) is -0.0238. The number of halogens is 2. The van der Waals surface area contributed by atoms with Gasteiger partial charge in [-0.3, -0.25) is 0 Å². The molecule has 1 aromatic carbocycles. The zero-order chi connectivity index (χ0) is 16.5. The van der Waals surface area contributed by atoms with Crippen LogP contribution in [0.25, 0.3) is 0 Å². The fourth-order valence-electron chi connectivity index (χ4n) is 2.30. The Bertz CT molecular complexity index is 745. The minimum Gasteiger partial charge on any atom is -0.213 e. The minimum atomic E-state index is -4.35. The molecule has 6 nitrogen and oxygen atoms in total. The number of benzene rings is 1. The fraction of sp³-hybridized carbons (Fsp3) is 0.500. The summed E-state index contributed by atoms with van der Waals surface area (Å²) in [4.78, 5) is -0.997. The van der Waals surface area contributed by atoms with Crippen molar-refractivity contribution in [1.82, 2.24) is 8.61 Å². The lowest BCUT2D eigenvalue weighted by molar-refractivity contribution is 0.401. The van der Waals surface area contributed by atoms with Crippen molar-refractivity contribution in [3.8, 4) is 0 Å². The topological polar surface area (TPSA) is 74.8 Å². The van der Waals surface area contributed by atoms with E-state index in [-0.39, 0.29) is 32.6 Å². The Morgan fingerprint density at radius 2 is 1.41 bits per heavy atom. The van der Waals surface area contributed by atoms with Crippen molar-refractivity contribution in [3.63, 3.8) is 0 Å². The van der Waals surface area contributed by atoms with Crippen LogP contribution in [0.5, 0.6) is 0 Å². The van der Waals surface area contributed by atoms with Gasteiger partial charge >= 0.3 is 0 Å². The Morgan fingerprint density at radius 1 is 0.909 bits per heavy atom. The average molecular weight is 354 g/mol. The quantitative estimate of drug-likeness (QED) is 0.798. The molecular formula is C12H16F2N2O4S2. The van der Waals surface area contributed by atoms with Gasteiger partial charge in [-0.1, -0.05) is 6.07 Å². The summed E-state index contributed by atoms with van der Waals surface area (Å²) in [7, 11) is -7.79. The third kappa shape index (κ3) is 3.45. The molecule has 1 aliphatic heterocycles. The molecule has 124 valence electrons. The molecule has 0 saturated carbocycles. The van der Waals surface area contributed by atoms with Crippen LogP contribution in [0.15, 0.2) is 23.1 Å². The molecule has 0 N–H and O–H groups in total. The molecule has 0 atom stereocenters. The Hall–Kier alpha value is -1.10. The van der Waals surface area contributed by atoms with Gasteiger partial charge in [-0.05, 0) is 18.6 Å². The summed E-state index contributed by atoms with van der Waals surface area (Å²) < 4.78 is 77.4. The predicted molar refractivity (Wildman–Crippen MR) is 76.2 cm³/mol. The molecule has 1 saturated heterocycles. The second kappa shape index (κ2) is 6.19. The summed E-state index contributed by atoms with van der Waals surface area (Å²) in [5.74, 6) is -2.33. The molecule has 1 aliphatic rings. The minimum absolute atomic E-state index is 0.00211. The van der Waals surface area contributed by atoms with Gasteiger partial charge in [-0.15, -0.1) is 0 Å². The molecule has 1 aromatic rings. The van der Waals surface area contributed by atoms with Crippen LogP contribution in [0.2, 0.25) is 0 Å². The van der Waals surface area contributed by atoms with Crippen LogP contribution in [0.1, 0.15) is 6.42 Å². The Kier molecular flexibility index (Phi) is 4.85. The van der Waals surface area contributed by atoms with E-state index in [9.17, 15) is 25.6 Å². The molecule has 0 radical (unpaired) electrons. The van der Waals surface area contributed by atoms with E-state index >= 15 is 0 Å². The van der Waals surface area contributed by atoms with Gasteiger partial charge in [0.25, 0.3) is 0 Å². The van der Waals surface area contributed by atoms with Crippen molar-refractivity contribution in [2.75, 3.05) is 32.4 Å². The van der Waals surface area contributed by atoms with E-state index in [1.54, 1.807) is 0 Å². The summed E-state index contributed by atoms with van der Waals surface area (Å²) in [5, 5.41) is 0. The average Bonchev–Trinajstić information content (AvgIpc) is 2.63. The first-order chi connectivity index (χ1) is 10.1. The van der Waals surface area contributed by atoms with Crippen molar-refractivity contribution >= 4 is 20.0 Å². The Morgan fingerprint density at radius 3 is 1.95 bits per heavy atom. The lowest BCUT2D eigenvalue weighted by atomic mass is 10.3. The van der Waals surface area contributed by atoms with Crippen LogP contribution in [0.4, 0.5) is 8.78 Å². The molecule has 10 heteroatoms. The first-order valence-corrected chi connectivity index (χ1v) is 9.82. The second-order valence-corrected chi connectivity index (χ2v) is 8.83. The summed E-state index contributed by atoms with van der Waals surface area (Å²) in [6.07, 6.45) is 1.29. The maximum Gasteiger partial charge on any atom is 0.248 e. The number of rotatable bonds is 3. The molecule has 0 aliphatic carbocycles. The lowest BCUT2D eigenvalue weighted by Gasteiger charge is -2.21. The van der Waals surface area contributed by atoms with Gasteiger partial charge in [-0.2, -0.15) is 4.31 Å². The van der Waals surface area contributed by atoms with Gasteiger partial charge in [-0.25, -0.2) is 29.9 Å². The van der Waals surface area contributed by atoms with E-state index in [1.807, 2.05) is 0 Å². The van der Waals surface area contributed by atoms with Gasteiger partial charge in [0.15, 0.2) is 4.90 Å². The van der Waals surface area contributed by atoms with Gasteiger partial charge in [0.05, 0.1) is 6.26 Å². The zero-order valence-corrected chi connectivity index (χ0v) is 13.5. The first kappa shape index (κ1) is 17.3. The van der Waals surface area contributed by atoms with Crippen LogP contribution in [0, 0.1) is 11.6 Å². The molecular weight excluding hydrogens is 338 g/mol. The maximum atomic E-state index is 13.7. The highest BCUT2D eigenvalue weighted by atomic mass is 32.2. The summed E-state index contributed by atoms with van der Waals surface area (Å²) in [6, 6.07) is 2.82. The number of nitrogens with zero attached hydrogens (tertiary/aromatic N) is 2. The van der Waals surface area contributed by atoms with Crippen molar-refractivity contribution in [3.05, 3.63) is 29.8 Å². The number of hydrogen-bond donors (Lipinski definition) is 0. The van der Waals surface area contributed by atoms with Crippen LogP contribution in [-0.2, 0) is 20.0 Å². The molecule has 0 bridgehead atoms. The SMILES string of the molecule is CS(=O)(=O)N1CCCN(S(=O)(=O)c2c(F)cccc2F)CC1. The van der Waals surface area contributed by atoms with Gasteiger partial charge in [0.1, 0.15) is 11.6 Å². The molecule has 0 amide bonds. The molecule has 0 unspecified atom stereocenters. The van der Waals surface area contributed by atoms with Crippen LogP contribution < -0.4 is 0 Å². The molecule has 1 fully saturated rings. The number of sulfonamides is 2. The highest BCUT2D eigenvalue weighted by molar-refractivity contribution is 7.89. The fourth-order valence-corrected chi connectivity index (χ4v) is 4.75. The number of hydrogen-bond acceptors (Lipinski definition) is 4. The third-order valence-corrected chi connectivity index (χ3v) is 6.65. The Balaban J connectivity index is 2.32. The van der Waals surface area contributed by atoms with E-state index in [4.69, 9.17) is 0 Å². The van der Waals surface area contributed by atoms with Crippen LogP contribution in [0.3, 0.4) is 0 Å². The summed E-state index contributed by atoms with van der Waals surface area (Å²) >= 11 is 0. The van der Waals surface area contributed by atoms with Crippen LogP contribution >= 0.6 is 0 Å². The molecule has 2 rings (SSSR count). The first-order valence-electron chi connectivity index (χ1n) is 6.53. The van der Waals surface area contributed by atoms with E-state index in [2.05, 4.69) is 0 Å². The predicted octanol–water partition coefficient (Wildman–Crippen LogP) is 0.621. The van der Waals surface area contributed by atoms with Crippen molar-refractivity contribution in [1.29, 1.82) is 0 Å². The van der Waals surface area contributed by atoms with Crippen molar-refractivity contribution < 1.29 is 25.6 Å². The van der Waals surface area contributed by atoms with Gasteiger partial charge < -0.3 is 0 Å². The van der Waals surface area contributed by atoms with Gasteiger partial charge in [0, 0.05) is 26.2 Å². The molecule has 0 aromatic heterocycles. The van der Waals surface area contributed by atoms with Crippen LogP contribution in [-0.4, -0.2) is 57.9 Å². The van der Waals surface area contributed by atoms with E-state index in [0.29, 0.717) is 0 Å². The molecule has 0 spiro atoms. The third-order valence-electron chi connectivity index (χ3n) is 3.40. The molecule has 22 heavy (non-hydrogen) atoms. The van der Waals surface area contributed by atoms with Crippen molar-refractivity contribution in [2.24, 2.45) is 0 Å². The lowest BCUT2D eigenvalue weighted by Crippen LogP contribution is -2.37. The van der Waals surface area contributed by atoms with E-state index in [1.165, 1.54) is 0 Å². The van der Waals surface area contributed by atoms with E-state index < -0.39 is 36.6 Å². The monoisotopic (exact) mass is 354 g/mol. The summed E-state index contributed by atoms with van der Waals surface area (Å²) in [5.41, 5.74) is 0. The smallest absolute Gasteiger partial charge is 0.213 e. The van der Waals surface area contributed by atoms with Gasteiger partial charge in [0.2, 0.25) is 20.0 Å². The normalized spacial score (nSPS) is 19.0. The Labute approximate surface area is 128 Å². The molecule has 1 heterocycles. The zero-order valence-electron chi connectivity index (χ0n) is 11.9. The standard InChI is InChI=1S/C12H16F2N2O4S2/c1-21(17,18)15-6-3-7-16(9-8-15)22(19,20)12-10(13)4-2-5-11(12)14/h2,4-5H,3,6-9H2,1H3. The highest BCUT2D eigenvalue weighted by Crippen LogP contribution is 2.23. The maximum absolute atomic E-state index is 13.7. The van der Waals surface area contributed by atoms with E-state index in [0.717, 1.165) is 33.1 Å². The van der Waals surface area contributed by atoms with Crippen molar-refractivity contribution in [2.45, 2.75) is 11.3 Å². The largest absolute Gasteiger partial charge is 0.248 e. The highest BCUT2D eigenvalue weighted by Gasteiger charge is 2.33.